The molecule has 0 atom stereocenters. The van der Waals surface area contributed by atoms with E-state index in [1.54, 1.807) is 0 Å². The third kappa shape index (κ3) is 3.84. The molecule has 1 aliphatic heterocycles. The lowest BCUT2D eigenvalue weighted by Gasteiger charge is -2.16. The molecule has 0 aromatic heterocycles. The van der Waals surface area contributed by atoms with Gasteiger partial charge >= 0.3 is 0 Å². The van der Waals surface area contributed by atoms with Crippen LogP contribution in [0.25, 0.3) is 0 Å². The summed E-state index contributed by atoms with van der Waals surface area (Å²) in [6.07, 6.45) is 1.67. The van der Waals surface area contributed by atoms with Crippen LogP contribution in [0.4, 0.5) is 10.1 Å². The monoisotopic (exact) mass is 382 g/mol. The summed E-state index contributed by atoms with van der Waals surface area (Å²) in [7, 11) is -3.60. The first-order valence-electron chi connectivity index (χ1n) is 7.74. The molecule has 0 spiro atoms. The summed E-state index contributed by atoms with van der Waals surface area (Å²) in [5, 5.41) is 2.62. The van der Waals surface area contributed by atoms with Gasteiger partial charge in [-0.25, -0.2) is 12.8 Å². The Bertz CT molecular complexity index is 912. The number of carbonyl (C=O) groups excluding carboxylic acids is 1. The van der Waals surface area contributed by atoms with Gasteiger partial charge in [0.05, 0.1) is 15.6 Å². The first-order valence-corrected chi connectivity index (χ1v) is 9.56. The smallest absolute Gasteiger partial charge is 0.255 e. The molecule has 8 heteroatoms. The first-order chi connectivity index (χ1) is 11.9. The number of hydrogen-bond acceptors (Lipinski definition) is 3. The Hall–Kier alpha value is -1.96. The van der Waals surface area contributed by atoms with Crippen LogP contribution < -0.4 is 5.32 Å². The number of carbonyl (C=O) groups is 1. The third-order valence-corrected chi connectivity index (χ3v) is 6.19. The van der Waals surface area contributed by atoms with Crippen molar-refractivity contribution in [3.05, 3.63) is 58.9 Å². The van der Waals surface area contributed by atoms with Crippen molar-refractivity contribution in [3.63, 3.8) is 0 Å². The number of benzene rings is 2. The van der Waals surface area contributed by atoms with Crippen LogP contribution in [0.5, 0.6) is 0 Å². The molecule has 3 rings (SSSR count). The summed E-state index contributed by atoms with van der Waals surface area (Å²) >= 11 is 5.89. The lowest BCUT2D eigenvalue weighted by Crippen LogP contribution is -2.28. The van der Waals surface area contributed by atoms with E-state index in [4.69, 9.17) is 11.6 Å². The highest BCUT2D eigenvalue weighted by molar-refractivity contribution is 7.89. The van der Waals surface area contributed by atoms with Crippen LogP contribution in [0.2, 0.25) is 5.02 Å². The van der Waals surface area contributed by atoms with Crippen molar-refractivity contribution < 1.29 is 17.6 Å². The van der Waals surface area contributed by atoms with Crippen LogP contribution >= 0.6 is 11.6 Å². The number of nitrogens with zero attached hydrogens (tertiary/aromatic N) is 1. The molecule has 5 nitrogen and oxygen atoms in total. The SMILES string of the molecule is O=C(Nc1ccc(F)cc1Cl)c1cccc(S(=O)(=O)N2CCCC2)c1. The number of amides is 1. The molecular formula is C17H16ClFN2O3S. The summed E-state index contributed by atoms with van der Waals surface area (Å²) in [6.45, 7) is 0.980. The maximum absolute atomic E-state index is 13.1. The van der Waals surface area contributed by atoms with Gasteiger partial charge in [-0.3, -0.25) is 4.79 Å². The molecule has 1 amide bonds. The van der Waals surface area contributed by atoms with E-state index in [1.165, 1.54) is 40.7 Å². The largest absolute Gasteiger partial charge is 0.321 e. The average molecular weight is 383 g/mol. The number of halogens is 2. The molecule has 0 saturated carbocycles. The molecule has 0 radical (unpaired) electrons. The van der Waals surface area contributed by atoms with E-state index >= 15 is 0 Å². The Balaban J connectivity index is 1.84. The van der Waals surface area contributed by atoms with E-state index in [0.717, 1.165) is 18.9 Å². The van der Waals surface area contributed by atoms with E-state index in [-0.39, 0.29) is 21.2 Å². The standard InChI is InChI=1S/C17H16ClFN2O3S/c18-15-11-13(19)6-7-16(15)20-17(22)12-4-3-5-14(10-12)25(23,24)21-8-1-2-9-21/h3-7,10-11H,1-2,8-9H2,(H,20,22). The number of hydrogen-bond donors (Lipinski definition) is 1. The van der Waals surface area contributed by atoms with Gasteiger partial charge in [0.1, 0.15) is 5.82 Å². The second kappa shape index (κ2) is 7.11. The van der Waals surface area contributed by atoms with Gasteiger partial charge < -0.3 is 5.32 Å². The Kier molecular flexibility index (Phi) is 5.08. The minimum absolute atomic E-state index is 0.0641. The average Bonchev–Trinajstić information content (AvgIpc) is 3.13. The highest BCUT2D eigenvalue weighted by Gasteiger charge is 2.27. The van der Waals surface area contributed by atoms with Gasteiger partial charge in [-0.2, -0.15) is 4.31 Å². The van der Waals surface area contributed by atoms with Gasteiger partial charge in [-0.05, 0) is 49.2 Å². The Morgan fingerprint density at radius 1 is 1.12 bits per heavy atom. The van der Waals surface area contributed by atoms with Crippen molar-refractivity contribution >= 4 is 33.2 Å². The van der Waals surface area contributed by atoms with Crippen molar-refractivity contribution in [2.45, 2.75) is 17.7 Å². The zero-order chi connectivity index (χ0) is 18.0. The molecule has 2 aromatic rings. The minimum Gasteiger partial charge on any atom is -0.321 e. The molecule has 132 valence electrons. The van der Waals surface area contributed by atoms with Crippen LogP contribution in [0, 0.1) is 5.82 Å². The fraction of sp³-hybridized carbons (Fsp3) is 0.235. The summed E-state index contributed by atoms with van der Waals surface area (Å²) in [5.74, 6) is -1.03. The second-order valence-electron chi connectivity index (χ2n) is 5.72. The fourth-order valence-electron chi connectivity index (χ4n) is 2.66. The first kappa shape index (κ1) is 17.8. The number of sulfonamides is 1. The van der Waals surface area contributed by atoms with Crippen LogP contribution in [0.3, 0.4) is 0 Å². The molecular weight excluding hydrogens is 367 g/mol. The van der Waals surface area contributed by atoms with Crippen molar-refractivity contribution in [3.8, 4) is 0 Å². The molecule has 1 heterocycles. The van der Waals surface area contributed by atoms with Crippen LogP contribution in [0.1, 0.15) is 23.2 Å². The van der Waals surface area contributed by atoms with Crippen molar-refractivity contribution in [2.75, 3.05) is 18.4 Å². The fourth-order valence-corrected chi connectivity index (χ4v) is 4.44. The molecule has 1 saturated heterocycles. The lowest BCUT2D eigenvalue weighted by atomic mass is 10.2. The topological polar surface area (TPSA) is 66.5 Å². The number of anilines is 1. The summed E-state index contributed by atoms with van der Waals surface area (Å²) < 4.78 is 39.7. The van der Waals surface area contributed by atoms with E-state index in [0.29, 0.717) is 13.1 Å². The van der Waals surface area contributed by atoms with Crippen LogP contribution in [0.15, 0.2) is 47.4 Å². The van der Waals surface area contributed by atoms with Crippen molar-refractivity contribution in [2.24, 2.45) is 0 Å². The van der Waals surface area contributed by atoms with E-state index in [2.05, 4.69) is 5.32 Å². The maximum Gasteiger partial charge on any atom is 0.255 e. The Morgan fingerprint density at radius 2 is 1.84 bits per heavy atom. The summed E-state index contributed by atoms with van der Waals surface area (Å²) in [4.78, 5) is 12.5. The minimum atomic E-state index is -3.60. The van der Waals surface area contributed by atoms with E-state index in [9.17, 15) is 17.6 Å². The zero-order valence-corrected chi connectivity index (χ0v) is 14.8. The van der Waals surface area contributed by atoms with Gasteiger partial charge in [-0.1, -0.05) is 17.7 Å². The van der Waals surface area contributed by atoms with Gasteiger partial charge in [0.25, 0.3) is 5.91 Å². The molecule has 2 aromatic carbocycles. The Labute approximate surface area is 150 Å². The summed E-state index contributed by atoms with van der Waals surface area (Å²) in [5.41, 5.74) is 0.432. The molecule has 1 fully saturated rings. The summed E-state index contributed by atoms with van der Waals surface area (Å²) in [6, 6.07) is 9.44. The predicted molar refractivity (Wildman–Crippen MR) is 93.8 cm³/mol. The normalized spacial score (nSPS) is 15.3. The van der Waals surface area contributed by atoms with Crippen LogP contribution in [-0.2, 0) is 10.0 Å². The van der Waals surface area contributed by atoms with E-state index in [1.807, 2.05) is 0 Å². The highest BCUT2D eigenvalue weighted by Crippen LogP contribution is 2.24. The molecule has 0 aliphatic carbocycles. The highest BCUT2D eigenvalue weighted by atomic mass is 35.5. The number of nitrogens with one attached hydrogen (secondary N) is 1. The van der Waals surface area contributed by atoms with Crippen molar-refractivity contribution in [1.29, 1.82) is 0 Å². The zero-order valence-electron chi connectivity index (χ0n) is 13.2. The quantitative estimate of drug-likeness (QED) is 0.879. The van der Waals surface area contributed by atoms with Gasteiger partial charge in [0.15, 0.2) is 0 Å². The molecule has 1 aliphatic rings. The number of rotatable bonds is 4. The maximum atomic E-state index is 13.1. The third-order valence-electron chi connectivity index (χ3n) is 3.98. The van der Waals surface area contributed by atoms with Crippen LogP contribution in [-0.4, -0.2) is 31.7 Å². The second-order valence-corrected chi connectivity index (χ2v) is 8.06. The van der Waals surface area contributed by atoms with Gasteiger partial charge in [-0.15, -0.1) is 0 Å². The Morgan fingerprint density at radius 3 is 2.52 bits per heavy atom. The van der Waals surface area contributed by atoms with E-state index < -0.39 is 21.7 Å². The molecule has 0 bridgehead atoms. The van der Waals surface area contributed by atoms with Crippen molar-refractivity contribution in [1.82, 2.24) is 4.31 Å². The molecule has 0 unspecified atom stereocenters. The molecule has 1 N–H and O–H groups in total. The molecule has 25 heavy (non-hydrogen) atoms. The predicted octanol–water partition coefficient (Wildman–Crippen LogP) is 3.52. The van der Waals surface area contributed by atoms with Gasteiger partial charge in [0.2, 0.25) is 10.0 Å². The lowest BCUT2D eigenvalue weighted by molar-refractivity contribution is 0.102. The van der Waals surface area contributed by atoms with Gasteiger partial charge in [0, 0.05) is 18.7 Å².